The van der Waals surface area contributed by atoms with Gasteiger partial charge < -0.3 is 5.11 Å². The lowest BCUT2D eigenvalue weighted by atomic mass is 10.0. The molecule has 88 valence electrons. The molecule has 0 radical (unpaired) electrons. The van der Waals surface area contributed by atoms with Crippen molar-refractivity contribution in [2.75, 3.05) is 0 Å². The molecule has 1 unspecified atom stereocenters. The minimum absolute atomic E-state index is 0.274. The number of thioether (sulfide) groups is 1. The highest BCUT2D eigenvalue weighted by atomic mass is 32.2. The van der Waals surface area contributed by atoms with Crippen LogP contribution in [0.25, 0.3) is 5.57 Å². The van der Waals surface area contributed by atoms with E-state index in [1.807, 2.05) is 18.2 Å². The molecule has 0 bridgehead atoms. The summed E-state index contributed by atoms with van der Waals surface area (Å²) in [7, 11) is 0. The second-order valence-electron chi connectivity index (χ2n) is 3.63. The highest BCUT2D eigenvalue weighted by Gasteiger charge is 2.30. The van der Waals surface area contributed by atoms with Gasteiger partial charge in [-0.1, -0.05) is 30.3 Å². The van der Waals surface area contributed by atoms with E-state index in [1.54, 1.807) is 19.1 Å². The lowest BCUT2D eigenvalue weighted by Crippen LogP contribution is -2.19. The molecule has 0 saturated carbocycles. The van der Waals surface area contributed by atoms with Crippen LogP contribution in [0.4, 0.5) is 4.79 Å². The van der Waals surface area contributed by atoms with Crippen molar-refractivity contribution in [1.82, 2.24) is 5.32 Å². The summed E-state index contributed by atoms with van der Waals surface area (Å²) in [6.45, 7) is 1.58. The number of carbonyl (C=O) groups is 2. The van der Waals surface area contributed by atoms with Gasteiger partial charge in [0.1, 0.15) is 0 Å². The molecule has 1 fully saturated rings. The summed E-state index contributed by atoms with van der Waals surface area (Å²) in [5.74, 6) is -0.445. The Morgan fingerprint density at radius 1 is 1.29 bits per heavy atom. The number of carbonyl (C=O) groups excluding carboxylic acids is 2. The largest absolute Gasteiger partial charge is 0.389 e. The maximum absolute atomic E-state index is 11.6. The van der Waals surface area contributed by atoms with Crippen molar-refractivity contribution in [3.8, 4) is 0 Å². The molecular weight excluding hydrogens is 238 g/mol. The first kappa shape index (κ1) is 11.9. The zero-order valence-corrected chi connectivity index (χ0v) is 9.95. The third-order valence-corrected chi connectivity index (χ3v) is 3.26. The number of nitrogens with one attached hydrogen (secondary N) is 1. The standard InChI is InChI=1S/C12H11NO3S/c1-7(14)9(8-5-3-2-4-6-8)10-11(15)13-12(16)17-10/h2-7,14H,1H3,(H,13,15,16). The third kappa shape index (κ3) is 2.40. The minimum Gasteiger partial charge on any atom is -0.389 e. The van der Waals surface area contributed by atoms with Crippen LogP contribution in [0.5, 0.6) is 0 Å². The van der Waals surface area contributed by atoms with Gasteiger partial charge in [-0.25, -0.2) is 0 Å². The summed E-state index contributed by atoms with van der Waals surface area (Å²) in [4.78, 5) is 23.0. The normalized spacial score (nSPS) is 20.1. The van der Waals surface area contributed by atoms with E-state index in [0.717, 1.165) is 17.3 Å². The Morgan fingerprint density at radius 2 is 1.94 bits per heavy atom. The minimum atomic E-state index is -0.809. The van der Waals surface area contributed by atoms with Gasteiger partial charge in [-0.3, -0.25) is 14.9 Å². The number of hydrogen-bond donors (Lipinski definition) is 2. The van der Waals surface area contributed by atoms with E-state index in [-0.39, 0.29) is 4.91 Å². The van der Waals surface area contributed by atoms with Gasteiger partial charge in [0.2, 0.25) is 0 Å². The SMILES string of the molecule is CC(O)C(=C1SC(=O)NC1=O)c1ccccc1. The summed E-state index contributed by atoms with van der Waals surface area (Å²) in [5, 5.41) is 11.6. The number of rotatable bonds is 2. The van der Waals surface area contributed by atoms with Gasteiger partial charge in [0.05, 0.1) is 11.0 Å². The topological polar surface area (TPSA) is 66.4 Å². The Balaban J connectivity index is 2.53. The molecule has 0 aliphatic carbocycles. The molecule has 2 N–H and O–H groups in total. The van der Waals surface area contributed by atoms with E-state index >= 15 is 0 Å². The van der Waals surface area contributed by atoms with E-state index in [1.165, 1.54) is 0 Å². The Kier molecular flexibility index (Phi) is 3.31. The van der Waals surface area contributed by atoms with E-state index < -0.39 is 17.3 Å². The summed E-state index contributed by atoms with van der Waals surface area (Å²) >= 11 is 0.825. The van der Waals surface area contributed by atoms with E-state index in [9.17, 15) is 14.7 Å². The van der Waals surface area contributed by atoms with Crippen LogP contribution < -0.4 is 5.32 Å². The summed E-state index contributed by atoms with van der Waals surface area (Å²) < 4.78 is 0. The fourth-order valence-corrected chi connectivity index (χ4v) is 2.54. The lowest BCUT2D eigenvalue weighted by Gasteiger charge is -2.12. The highest BCUT2D eigenvalue weighted by molar-refractivity contribution is 8.18. The van der Waals surface area contributed by atoms with Gasteiger partial charge in [0, 0.05) is 5.57 Å². The molecule has 1 aromatic rings. The van der Waals surface area contributed by atoms with E-state index in [4.69, 9.17) is 0 Å². The molecular formula is C12H11NO3S. The van der Waals surface area contributed by atoms with E-state index in [0.29, 0.717) is 5.57 Å². The quantitative estimate of drug-likeness (QED) is 0.784. The first-order valence-electron chi connectivity index (χ1n) is 5.10. The predicted octanol–water partition coefficient (Wildman–Crippen LogP) is 1.76. The summed E-state index contributed by atoms with van der Waals surface area (Å²) in [5.41, 5.74) is 1.23. The molecule has 0 spiro atoms. The molecule has 5 heteroatoms. The van der Waals surface area contributed by atoms with Crippen molar-refractivity contribution in [3.63, 3.8) is 0 Å². The van der Waals surface area contributed by atoms with Crippen LogP contribution in [-0.4, -0.2) is 22.4 Å². The third-order valence-electron chi connectivity index (χ3n) is 2.36. The molecule has 2 rings (SSSR count). The van der Waals surface area contributed by atoms with Crippen LogP contribution in [0.1, 0.15) is 12.5 Å². The van der Waals surface area contributed by atoms with Gasteiger partial charge in [0.25, 0.3) is 11.1 Å². The van der Waals surface area contributed by atoms with Crippen LogP contribution in [0.3, 0.4) is 0 Å². The van der Waals surface area contributed by atoms with Crippen molar-refractivity contribution >= 4 is 28.5 Å². The molecule has 0 aromatic heterocycles. The van der Waals surface area contributed by atoms with Crippen LogP contribution in [-0.2, 0) is 4.79 Å². The van der Waals surface area contributed by atoms with Crippen LogP contribution in [0.15, 0.2) is 35.2 Å². The zero-order valence-electron chi connectivity index (χ0n) is 9.14. The Bertz CT molecular complexity index is 494. The Hall–Kier alpha value is -1.59. The van der Waals surface area contributed by atoms with Crippen molar-refractivity contribution in [1.29, 1.82) is 0 Å². The van der Waals surface area contributed by atoms with E-state index in [2.05, 4.69) is 5.32 Å². The number of aliphatic hydroxyl groups excluding tert-OH is 1. The van der Waals surface area contributed by atoms with Gasteiger partial charge in [-0.15, -0.1) is 0 Å². The molecule has 1 atom stereocenters. The molecule has 17 heavy (non-hydrogen) atoms. The van der Waals surface area contributed by atoms with Gasteiger partial charge in [-0.2, -0.15) is 0 Å². The second kappa shape index (κ2) is 4.73. The Labute approximate surface area is 103 Å². The van der Waals surface area contributed by atoms with Crippen molar-refractivity contribution in [3.05, 3.63) is 40.8 Å². The molecule has 1 saturated heterocycles. The van der Waals surface area contributed by atoms with Crippen LogP contribution in [0.2, 0.25) is 0 Å². The lowest BCUT2D eigenvalue weighted by molar-refractivity contribution is -0.115. The molecule has 1 heterocycles. The summed E-state index contributed by atoms with van der Waals surface area (Å²) in [6, 6.07) is 9.08. The van der Waals surface area contributed by atoms with Crippen molar-refractivity contribution < 1.29 is 14.7 Å². The fraction of sp³-hybridized carbons (Fsp3) is 0.167. The number of hydrogen-bond acceptors (Lipinski definition) is 4. The van der Waals surface area contributed by atoms with Crippen LogP contribution in [0, 0.1) is 0 Å². The summed E-state index contributed by atoms with van der Waals surface area (Å²) in [6.07, 6.45) is -0.809. The van der Waals surface area contributed by atoms with Crippen molar-refractivity contribution in [2.24, 2.45) is 0 Å². The number of benzene rings is 1. The Morgan fingerprint density at radius 3 is 2.41 bits per heavy atom. The number of aliphatic hydroxyl groups is 1. The molecule has 1 aliphatic heterocycles. The molecule has 4 nitrogen and oxygen atoms in total. The van der Waals surface area contributed by atoms with Gasteiger partial charge in [0.15, 0.2) is 0 Å². The monoisotopic (exact) mass is 249 g/mol. The maximum Gasteiger partial charge on any atom is 0.290 e. The molecule has 1 aromatic carbocycles. The number of amides is 2. The maximum atomic E-state index is 11.6. The highest BCUT2D eigenvalue weighted by Crippen LogP contribution is 2.33. The first-order valence-corrected chi connectivity index (χ1v) is 5.92. The van der Waals surface area contributed by atoms with Crippen molar-refractivity contribution in [2.45, 2.75) is 13.0 Å². The van der Waals surface area contributed by atoms with Gasteiger partial charge in [-0.05, 0) is 24.2 Å². The molecule has 1 aliphatic rings. The van der Waals surface area contributed by atoms with Gasteiger partial charge >= 0.3 is 0 Å². The smallest absolute Gasteiger partial charge is 0.290 e. The average molecular weight is 249 g/mol. The van der Waals surface area contributed by atoms with Crippen LogP contribution >= 0.6 is 11.8 Å². The first-order chi connectivity index (χ1) is 8.09. The average Bonchev–Trinajstić information content (AvgIpc) is 2.59. The predicted molar refractivity (Wildman–Crippen MR) is 66.2 cm³/mol. The zero-order chi connectivity index (χ0) is 12.4. The molecule has 2 amide bonds. The second-order valence-corrected chi connectivity index (χ2v) is 4.61. The number of imide groups is 1. The fourth-order valence-electron chi connectivity index (χ4n) is 1.67.